The van der Waals surface area contributed by atoms with Crippen LogP contribution in [0.1, 0.15) is 5.82 Å². The summed E-state index contributed by atoms with van der Waals surface area (Å²) in [6, 6.07) is 17.9. The van der Waals surface area contributed by atoms with E-state index in [0.29, 0.717) is 5.82 Å². The van der Waals surface area contributed by atoms with E-state index in [0.717, 1.165) is 15.8 Å². The topological polar surface area (TPSA) is 46.8 Å². The number of halogens is 1. The van der Waals surface area contributed by atoms with Gasteiger partial charge in [-0.25, -0.2) is 0 Å². The number of anilines is 1. The summed E-state index contributed by atoms with van der Waals surface area (Å²) in [4.78, 5) is 2.01. The standard InChI is InChI=1S/C16H14BrN5/c1-21(14-5-3-2-4-6-14)12-11-16-18-19-20-22(16)15-9-7-13(17)8-10-15/h2-12H,1H3/b12-11+. The van der Waals surface area contributed by atoms with Crippen LogP contribution in [0.2, 0.25) is 0 Å². The van der Waals surface area contributed by atoms with Crippen molar-refractivity contribution in [1.29, 1.82) is 0 Å². The van der Waals surface area contributed by atoms with Crippen LogP contribution in [-0.4, -0.2) is 27.3 Å². The molecular formula is C16H14BrN5. The third-order valence-electron chi connectivity index (χ3n) is 3.18. The van der Waals surface area contributed by atoms with Crippen LogP contribution in [0.3, 0.4) is 0 Å². The van der Waals surface area contributed by atoms with Crippen molar-refractivity contribution in [3.63, 3.8) is 0 Å². The monoisotopic (exact) mass is 355 g/mol. The van der Waals surface area contributed by atoms with Crippen molar-refractivity contribution < 1.29 is 0 Å². The highest BCUT2D eigenvalue weighted by atomic mass is 79.9. The van der Waals surface area contributed by atoms with E-state index >= 15 is 0 Å². The molecule has 0 aliphatic heterocycles. The molecule has 0 unspecified atom stereocenters. The number of hydrogen-bond acceptors (Lipinski definition) is 4. The van der Waals surface area contributed by atoms with Crippen molar-refractivity contribution in [2.75, 3.05) is 11.9 Å². The van der Waals surface area contributed by atoms with Crippen molar-refractivity contribution in [1.82, 2.24) is 20.2 Å². The largest absolute Gasteiger partial charge is 0.351 e. The van der Waals surface area contributed by atoms with Gasteiger partial charge in [0.1, 0.15) is 0 Å². The number of tetrazole rings is 1. The number of aromatic nitrogens is 4. The summed E-state index contributed by atoms with van der Waals surface area (Å²) in [5, 5.41) is 11.8. The second-order valence-electron chi connectivity index (χ2n) is 4.69. The van der Waals surface area contributed by atoms with Crippen molar-refractivity contribution in [2.24, 2.45) is 0 Å². The van der Waals surface area contributed by atoms with Gasteiger partial charge in [0.25, 0.3) is 0 Å². The normalized spacial score (nSPS) is 11.0. The van der Waals surface area contributed by atoms with E-state index in [1.807, 2.05) is 78.8 Å². The van der Waals surface area contributed by atoms with Gasteiger partial charge in [0.05, 0.1) is 5.69 Å². The highest BCUT2D eigenvalue weighted by Crippen LogP contribution is 2.15. The fraction of sp³-hybridized carbons (Fsp3) is 0.0625. The first-order valence-corrected chi connectivity index (χ1v) is 7.54. The molecular weight excluding hydrogens is 342 g/mol. The summed E-state index contributed by atoms with van der Waals surface area (Å²) < 4.78 is 2.71. The molecule has 0 N–H and O–H groups in total. The first-order valence-electron chi connectivity index (χ1n) is 6.74. The molecule has 3 aromatic rings. The zero-order valence-electron chi connectivity index (χ0n) is 12.0. The highest BCUT2D eigenvalue weighted by molar-refractivity contribution is 9.10. The van der Waals surface area contributed by atoms with Crippen molar-refractivity contribution in [3.05, 3.63) is 71.1 Å². The maximum absolute atomic E-state index is 4.06. The minimum absolute atomic E-state index is 0.671. The smallest absolute Gasteiger partial charge is 0.181 e. The van der Waals surface area contributed by atoms with Gasteiger partial charge in [-0.2, -0.15) is 4.68 Å². The second-order valence-corrected chi connectivity index (χ2v) is 5.60. The molecule has 0 atom stereocenters. The molecule has 3 rings (SSSR count). The Kier molecular flexibility index (Phi) is 4.29. The molecule has 22 heavy (non-hydrogen) atoms. The Balaban J connectivity index is 1.83. The molecule has 0 saturated carbocycles. The van der Waals surface area contributed by atoms with Gasteiger partial charge in [-0.1, -0.05) is 34.1 Å². The Morgan fingerprint density at radius 2 is 1.77 bits per heavy atom. The summed E-state index contributed by atoms with van der Waals surface area (Å²) in [7, 11) is 1.99. The molecule has 1 aromatic heterocycles. The van der Waals surface area contributed by atoms with E-state index in [2.05, 4.69) is 31.5 Å². The lowest BCUT2D eigenvalue weighted by molar-refractivity contribution is 0.786. The number of rotatable bonds is 4. The zero-order chi connectivity index (χ0) is 15.4. The molecule has 0 aliphatic carbocycles. The van der Waals surface area contributed by atoms with Crippen LogP contribution in [0.15, 0.2) is 65.3 Å². The first-order chi connectivity index (χ1) is 10.7. The Hall–Kier alpha value is -2.47. The van der Waals surface area contributed by atoms with E-state index in [-0.39, 0.29) is 0 Å². The lowest BCUT2D eigenvalue weighted by atomic mass is 10.3. The molecule has 6 heteroatoms. The number of hydrogen-bond donors (Lipinski definition) is 0. The lowest BCUT2D eigenvalue weighted by Crippen LogP contribution is -2.08. The summed E-state index contributed by atoms with van der Waals surface area (Å²) in [6.45, 7) is 0. The van der Waals surface area contributed by atoms with Crippen molar-refractivity contribution >= 4 is 27.7 Å². The molecule has 0 radical (unpaired) electrons. The Morgan fingerprint density at radius 1 is 1.05 bits per heavy atom. The predicted molar refractivity (Wildman–Crippen MR) is 90.7 cm³/mol. The van der Waals surface area contributed by atoms with Crippen LogP contribution in [-0.2, 0) is 0 Å². The summed E-state index contributed by atoms with van der Waals surface area (Å²) in [5.41, 5.74) is 2.01. The third kappa shape index (κ3) is 3.23. The van der Waals surface area contributed by atoms with Gasteiger partial charge < -0.3 is 4.90 Å². The van der Waals surface area contributed by atoms with Gasteiger partial charge >= 0.3 is 0 Å². The Labute approximate surface area is 137 Å². The Bertz CT molecular complexity index is 765. The average molecular weight is 356 g/mol. The zero-order valence-corrected chi connectivity index (χ0v) is 13.6. The molecule has 0 spiro atoms. The highest BCUT2D eigenvalue weighted by Gasteiger charge is 2.05. The van der Waals surface area contributed by atoms with Gasteiger partial charge in [0.15, 0.2) is 5.82 Å². The third-order valence-corrected chi connectivity index (χ3v) is 3.70. The molecule has 2 aromatic carbocycles. The Morgan fingerprint density at radius 3 is 2.50 bits per heavy atom. The minimum atomic E-state index is 0.671. The SMILES string of the molecule is CN(/C=C/c1nnnn1-c1ccc(Br)cc1)c1ccccc1. The fourth-order valence-electron chi connectivity index (χ4n) is 1.99. The van der Waals surface area contributed by atoms with E-state index in [1.54, 1.807) is 4.68 Å². The fourth-order valence-corrected chi connectivity index (χ4v) is 2.26. The summed E-state index contributed by atoms with van der Waals surface area (Å²) >= 11 is 3.42. The van der Waals surface area contributed by atoms with Crippen LogP contribution in [0, 0.1) is 0 Å². The summed E-state index contributed by atoms with van der Waals surface area (Å²) in [6.07, 6.45) is 3.82. The average Bonchev–Trinajstić information content (AvgIpc) is 3.02. The van der Waals surface area contributed by atoms with Gasteiger partial charge in [0, 0.05) is 29.5 Å². The molecule has 0 saturated heterocycles. The molecule has 0 amide bonds. The van der Waals surface area contributed by atoms with Crippen LogP contribution in [0.4, 0.5) is 5.69 Å². The van der Waals surface area contributed by atoms with Gasteiger partial charge in [-0.15, -0.1) is 5.10 Å². The molecule has 0 aliphatic rings. The van der Waals surface area contributed by atoms with Crippen molar-refractivity contribution in [2.45, 2.75) is 0 Å². The van der Waals surface area contributed by atoms with E-state index in [9.17, 15) is 0 Å². The quantitative estimate of drug-likeness (QED) is 0.718. The van der Waals surface area contributed by atoms with Gasteiger partial charge in [0.2, 0.25) is 0 Å². The van der Waals surface area contributed by atoms with E-state index in [4.69, 9.17) is 0 Å². The maximum Gasteiger partial charge on any atom is 0.181 e. The molecule has 0 bridgehead atoms. The van der Waals surface area contributed by atoms with E-state index in [1.165, 1.54) is 0 Å². The van der Waals surface area contributed by atoms with Crippen LogP contribution in [0.5, 0.6) is 0 Å². The molecule has 1 heterocycles. The van der Waals surface area contributed by atoms with E-state index < -0.39 is 0 Å². The van der Waals surface area contributed by atoms with Crippen LogP contribution < -0.4 is 4.90 Å². The minimum Gasteiger partial charge on any atom is -0.351 e. The van der Waals surface area contributed by atoms with Crippen LogP contribution >= 0.6 is 15.9 Å². The lowest BCUT2D eigenvalue weighted by Gasteiger charge is -2.13. The predicted octanol–water partition coefficient (Wildman–Crippen LogP) is 3.53. The molecule has 0 fully saturated rings. The van der Waals surface area contributed by atoms with Crippen molar-refractivity contribution in [3.8, 4) is 5.69 Å². The number of para-hydroxylation sites is 1. The number of nitrogens with zero attached hydrogens (tertiary/aromatic N) is 5. The molecule has 5 nitrogen and oxygen atoms in total. The number of benzene rings is 2. The summed E-state index contributed by atoms with van der Waals surface area (Å²) in [5.74, 6) is 0.671. The second kappa shape index (κ2) is 6.53. The molecule has 110 valence electrons. The van der Waals surface area contributed by atoms with Gasteiger partial charge in [-0.05, 0) is 46.8 Å². The maximum atomic E-state index is 4.06. The van der Waals surface area contributed by atoms with Gasteiger partial charge in [-0.3, -0.25) is 0 Å². The first kappa shape index (κ1) is 14.5. The van der Waals surface area contributed by atoms with Crippen LogP contribution in [0.25, 0.3) is 11.8 Å².